The molecule has 9 heteroatoms. The number of hydrogen-bond acceptors (Lipinski definition) is 8. The molecule has 0 spiro atoms. The summed E-state index contributed by atoms with van der Waals surface area (Å²) in [4.78, 5) is 29.5. The van der Waals surface area contributed by atoms with Gasteiger partial charge in [-0.05, 0) is 42.0 Å². The van der Waals surface area contributed by atoms with Gasteiger partial charge in [-0.3, -0.25) is 9.78 Å². The van der Waals surface area contributed by atoms with Crippen LogP contribution in [0.1, 0.15) is 15.9 Å². The molecule has 9 nitrogen and oxygen atoms in total. The zero-order valence-electron chi connectivity index (χ0n) is 20.7. The van der Waals surface area contributed by atoms with Crippen LogP contribution >= 0.6 is 0 Å². The molecule has 1 amide bonds. The smallest absolute Gasteiger partial charge is 0.328 e. The standard InChI is InChI=1S/C28H27N3O6/c1-34-25-15-20-22(16-26(25)35-2)30-13-12-24(20)37-18-10-8-17(9-11-18)14-23(28(33)36-3)31-27(32)19-6-4-5-7-21(19)29/h4-13,15-16,23H,14,29H2,1-3H3,(H,31,32). The molecule has 3 N–H and O–H groups in total. The number of nitrogens with two attached hydrogens (primary N) is 1. The third-order valence-electron chi connectivity index (χ3n) is 5.79. The molecular formula is C28H27N3O6. The van der Waals surface area contributed by atoms with Gasteiger partial charge < -0.3 is 30.0 Å². The number of pyridine rings is 1. The number of aromatic nitrogens is 1. The minimum Gasteiger partial charge on any atom is -0.493 e. The Morgan fingerprint density at radius 3 is 2.30 bits per heavy atom. The fraction of sp³-hybridized carbons (Fsp3) is 0.179. The summed E-state index contributed by atoms with van der Waals surface area (Å²) in [6, 6.07) is 18.3. The number of hydrogen-bond donors (Lipinski definition) is 2. The molecule has 0 aliphatic carbocycles. The van der Waals surface area contributed by atoms with E-state index in [0.29, 0.717) is 39.8 Å². The summed E-state index contributed by atoms with van der Waals surface area (Å²) in [6.07, 6.45) is 1.88. The van der Waals surface area contributed by atoms with Gasteiger partial charge in [-0.25, -0.2) is 4.79 Å². The van der Waals surface area contributed by atoms with Crippen LogP contribution in [0, 0.1) is 0 Å². The zero-order chi connectivity index (χ0) is 26.4. The van der Waals surface area contributed by atoms with Crippen LogP contribution in [0.25, 0.3) is 10.9 Å². The Kier molecular flexibility index (Phi) is 7.73. The molecule has 0 aliphatic rings. The normalized spacial score (nSPS) is 11.4. The number of fused-ring (bicyclic) bond motifs is 1. The van der Waals surface area contributed by atoms with E-state index in [4.69, 9.17) is 24.7 Å². The average Bonchev–Trinajstić information content (AvgIpc) is 2.92. The van der Waals surface area contributed by atoms with Gasteiger partial charge in [0.15, 0.2) is 11.5 Å². The van der Waals surface area contributed by atoms with Gasteiger partial charge in [-0.2, -0.15) is 0 Å². The number of nitrogens with one attached hydrogen (secondary N) is 1. The maximum atomic E-state index is 12.7. The number of esters is 1. The van der Waals surface area contributed by atoms with E-state index in [1.807, 2.05) is 18.2 Å². The monoisotopic (exact) mass is 501 g/mol. The van der Waals surface area contributed by atoms with Gasteiger partial charge in [-0.1, -0.05) is 24.3 Å². The van der Waals surface area contributed by atoms with Gasteiger partial charge in [0.2, 0.25) is 0 Å². The molecule has 1 atom stereocenters. The van der Waals surface area contributed by atoms with Crippen molar-refractivity contribution in [2.75, 3.05) is 27.1 Å². The summed E-state index contributed by atoms with van der Waals surface area (Å²) in [7, 11) is 4.41. The maximum absolute atomic E-state index is 12.7. The first-order valence-corrected chi connectivity index (χ1v) is 11.4. The van der Waals surface area contributed by atoms with Crippen LogP contribution in [0.2, 0.25) is 0 Å². The van der Waals surface area contributed by atoms with Gasteiger partial charge in [0.25, 0.3) is 5.91 Å². The molecule has 1 unspecified atom stereocenters. The van der Waals surface area contributed by atoms with Crippen molar-refractivity contribution in [2.45, 2.75) is 12.5 Å². The van der Waals surface area contributed by atoms with Crippen molar-refractivity contribution >= 4 is 28.5 Å². The van der Waals surface area contributed by atoms with E-state index in [1.54, 1.807) is 68.9 Å². The Labute approximate surface area is 214 Å². The number of anilines is 1. The second kappa shape index (κ2) is 11.3. The Balaban J connectivity index is 1.51. The van der Waals surface area contributed by atoms with Crippen LogP contribution in [0.4, 0.5) is 5.69 Å². The van der Waals surface area contributed by atoms with Crippen molar-refractivity contribution in [3.63, 3.8) is 0 Å². The predicted molar refractivity (Wildman–Crippen MR) is 139 cm³/mol. The van der Waals surface area contributed by atoms with Crippen LogP contribution < -0.4 is 25.3 Å². The summed E-state index contributed by atoms with van der Waals surface area (Å²) in [5, 5.41) is 3.48. The highest BCUT2D eigenvalue weighted by atomic mass is 16.5. The minimum absolute atomic E-state index is 0.223. The third kappa shape index (κ3) is 5.72. The number of para-hydroxylation sites is 1. The molecule has 0 saturated carbocycles. The number of nitrogens with zero attached hydrogens (tertiary/aromatic N) is 1. The maximum Gasteiger partial charge on any atom is 0.328 e. The second-order valence-corrected chi connectivity index (χ2v) is 8.12. The first kappa shape index (κ1) is 25.3. The average molecular weight is 502 g/mol. The molecular weight excluding hydrogens is 474 g/mol. The van der Waals surface area contributed by atoms with E-state index in [2.05, 4.69) is 10.3 Å². The topological polar surface area (TPSA) is 122 Å². The molecule has 1 aromatic heterocycles. The van der Waals surface area contributed by atoms with Crippen LogP contribution in [0.3, 0.4) is 0 Å². The number of amides is 1. The third-order valence-corrected chi connectivity index (χ3v) is 5.79. The summed E-state index contributed by atoms with van der Waals surface area (Å²) >= 11 is 0. The summed E-state index contributed by atoms with van der Waals surface area (Å²) in [5.41, 5.74) is 8.01. The molecule has 0 radical (unpaired) electrons. The molecule has 4 aromatic rings. The SMILES string of the molecule is COC(=O)C(Cc1ccc(Oc2ccnc3cc(OC)c(OC)cc23)cc1)NC(=O)c1ccccc1N. The summed E-state index contributed by atoms with van der Waals surface area (Å²) in [6.45, 7) is 0. The molecule has 0 aliphatic heterocycles. The first-order valence-electron chi connectivity index (χ1n) is 11.4. The first-order chi connectivity index (χ1) is 17.9. The van der Waals surface area contributed by atoms with Crippen molar-refractivity contribution < 1.29 is 28.5 Å². The summed E-state index contributed by atoms with van der Waals surface area (Å²) in [5.74, 6) is 1.31. The molecule has 1 heterocycles. The van der Waals surface area contributed by atoms with E-state index in [1.165, 1.54) is 7.11 Å². The number of nitrogen functional groups attached to an aromatic ring is 1. The highest BCUT2D eigenvalue weighted by molar-refractivity contribution is 6.01. The number of benzene rings is 3. The Bertz CT molecular complexity index is 1420. The largest absolute Gasteiger partial charge is 0.493 e. The van der Waals surface area contributed by atoms with Crippen molar-refractivity contribution in [3.8, 4) is 23.0 Å². The van der Waals surface area contributed by atoms with Crippen molar-refractivity contribution in [1.29, 1.82) is 0 Å². The Morgan fingerprint density at radius 1 is 0.919 bits per heavy atom. The van der Waals surface area contributed by atoms with Crippen LogP contribution in [-0.2, 0) is 16.0 Å². The molecule has 37 heavy (non-hydrogen) atoms. The van der Waals surface area contributed by atoms with Gasteiger partial charge in [0.05, 0.1) is 32.4 Å². The second-order valence-electron chi connectivity index (χ2n) is 8.12. The number of ether oxygens (including phenoxy) is 4. The number of carbonyl (C=O) groups excluding carboxylic acids is 2. The number of methoxy groups -OCH3 is 3. The van der Waals surface area contributed by atoms with Crippen LogP contribution in [0.5, 0.6) is 23.0 Å². The fourth-order valence-electron chi connectivity index (χ4n) is 3.87. The lowest BCUT2D eigenvalue weighted by atomic mass is 10.0. The van der Waals surface area contributed by atoms with Gasteiger partial charge in [0, 0.05) is 29.8 Å². The van der Waals surface area contributed by atoms with Crippen LogP contribution in [-0.4, -0.2) is 44.2 Å². The lowest BCUT2D eigenvalue weighted by Crippen LogP contribution is -2.43. The molecule has 3 aromatic carbocycles. The fourth-order valence-corrected chi connectivity index (χ4v) is 3.87. The highest BCUT2D eigenvalue weighted by Crippen LogP contribution is 2.36. The lowest BCUT2D eigenvalue weighted by molar-refractivity contribution is -0.142. The predicted octanol–water partition coefficient (Wildman–Crippen LogP) is 4.14. The minimum atomic E-state index is -0.893. The summed E-state index contributed by atoms with van der Waals surface area (Å²) < 4.78 is 21.8. The van der Waals surface area contributed by atoms with E-state index >= 15 is 0 Å². The molecule has 0 fully saturated rings. The van der Waals surface area contributed by atoms with Crippen molar-refractivity contribution in [2.24, 2.45) is 0 Å². The highest BCUT2D eigenvalue weighted by Gasteiger charge is 2.23. The molecule has 0 bridgehead atoms. The van der Waals surface area contributed by atoms with Crippen molar-refractivity contribution in [1.82, 2.24) is 10.3 Å². The number of rotatable bonds is 9. The lowest BCUT2D eigenvalue weighted by Gasteiger charge is -2.17. The molecule has 0 saturated heterocycles. The zero-order valence-corrected chi connectivity index (χ0v) is 20.7. The van der Waals surface area contributed by atoms with Gasteiger partial charge in [-0.15, -0.1) is 0 Å². The van der Waals surface area contributed by atoms with Gasteiger partial charge >= 0.3 is 5.97 Å². The number of carbonyl (C=O) groups is 2. The Morgan fingerprint density at radius 2 is 1.62 bits per heavy atom. The van der Waals surface area contributed by atoms with E-state index in [-0.39, 0.29) is 6.42 Å². The van der Waals surface area contributed by atoms with Crippen molar-refractivity contribution in [3.05, 3.63) is 84.1 Å². The molecule has 190 valence electrons. The van der Waals surface area contributed by atoms with Crippen LogP contribution in [0.15, 0.2) is 72.9 Å². The quantitative estimate of drug-likeness (QED) is 0.259. The van der Waals surface area contributed by atoms with Gasteiger partial charge in [0.1, 0.15) is 17.5 Å². The molecule has 4 rings (SSSR count). The van der Waals surface area contributed by atoms with E-state index < -0.39 is 17.9 Å². The Hall–Kier alpha value is -4.79. The van der Waals surface area contributed by atoms with E-state index in [9.17, 15) is 9.59 Å². The van der Waals surface area contributed by atoms with E-state index in [0.717, 1.165) is 10.9 Å².